The molecule has 0 saturated carbocycles. The first-order valence-corrected chi connectivity index (χ1v) is 7.30. The number of carbonyl (C=O) groups excluding carboxylic acids is 1. The van der Waals surface area contributed by atoms with Crippen molar-refractivity contribution < 1.29 is 14.6 Å². The molecule has 22 heavy (non-hydrogen) atoms. The third kappa shape index (κ3) is 4.33. The van der Waals surface area contributed by atoms with E-state index in [1.54, 1.807) is 6.92 Å². The van der Waals surface area contributed by atoms with Gasteiger partial charge < -0.3 is 15.2 Å². The minimum Gasteiger partial charge on any atom is -0.439 e. The molecule has 0 bridgehead atoms. The number of aryl methyl sites for hydroxylation is 1. The van der Waals surface area contributed by atoms with Crippen LogP contribution in [-0.2, 0) is 11.3 Å². The fourth-order valence-corrected chi connectivity index (χ4v) is 2.25. The van der Waals surface area contributed by atoms with Crippen LogP contribution in [0.5, 0.6) is 0 Å². The number of alkyl carbamates (subject to hydrolysis) is 1. The van der Waals surface area contributed by atoms with E-state index in [0.717, 1.165) is 16.7 Å². The smallest absolute Gasteiger partial charge is 0.408 e. The maximum absolute atomic E-state index is 12.0. The average molecular weight is 299 g/mol. The molecule has 0 aliphatic carbocycles. The van der Waals surface area contributed by atoms with Crippen LogP contribution in [0.1, 0.15) is 29.7 Å². The van der Waals surface area contributed by atoms with Crippen molar-refractivity contribution in [1.29, 1.82) is 0 Å². The van der Waals surface area contributed by atoms with Crippen molar-refractivity contribution in [1.82, 2.24) is 5.32 Å². The summed E-state index contributed by atoms with van der Waals surface area (Å²) in [6.45, 7) is 3.93. The van der Waals surface area contributed by atoms with Crippen LogP contribution in [0.2, 0.25) is 0 Å². The van der Waals surface area contributed by atoms with Crippen molar-refractivity contribution in [2.75, 3.05) is 0 Å². The number of ether oxygens (including phenoxy) is 1. The van der Waals surface area contributed by atoms with Crippen LogP contribution in [0.3, 0.4) is 0 Å². The Morgan fingerprint density at radius 3 is 2.41 bits per heavy atom. The lowest BCUT2D eigenvalue weighted by atomic mass is 10.0. The molecule has 2 aromatic rings. The van der Waals surface area contributed by atoms with Crippen LogP contribution in [0.25, 0.3) is 0 Å². The average Bonchev–Trinajstić information content (AvgIpc) is 2.52. The standard InChI is InChI=1S/C18H21NO3/c1-13-8-6-7-11-16(13)17(14(2)20)22-18(21)19-12-15-9-4-3-5-10-15/h3-11,14,17,20H,12H2,1-2H3,(H,19,21)/t14-,17+/m0/s1. The van der Waals surface area contributed by atoms with Crippen molar-refractivity contribution in [3.8, 4) is 0 Å². The predicted octanol–water partition coefficient (Wildman–Crippen LogP) is 3.34. The zero-order chi connectivity index (χ0) is 15.9. The molecule has 1 amide bonds. The summed E-state index contributed by atoms with van der Waals surface area (Å²) >= 11 is 0. The molecule has 0 heterocycles. The summed E-state index contributed by atoms with van der Waals surface area (Å²) in [6.07, 6.45) is -2.02. The van der Waals surface area contributed by atoms with E-state index in [2.05, 4.69) is 5.32 Å². The van der Waals surface area contributed by atoms with Gasteiger partial charge in [-0.3, -0.25) is 0 Å². The first kappa shape index (κ1) is 16.0. The highest BCUT2D eigenvalue weighted by molar-refractivity contribution is 5.67. The second-order valence-electron chi connectivity index (χ2n) is 5.26. The van der Waals surface area contributed by atoms with Crippen LogP contribution >= 0.6 is 0 Å². The molecule has 0 aliphatic rings. The zero-order valence-corrected chi connectivity index (χ0v) is 12.8. The lowest BCUT2D eigenvalue weighted by Crippen LogP contribution is -2.29. The van der Waals surface area contributed by atoms with Crippen molar-refractivity contribution in [2.24, 2.45) is 0 Å². The molecule has 0 fully saturated rings. The number of nitrogens with one attached hydrogen (secondary N) is 1. The lowest BCUT2D eigenvalue weighted by Gasteiger charge is -2.22. The Morgan fingerprint density at radius 1 is 1.14 bits per heavy atom. The summed E-state index contributed by atoms with van der Waals surface area (Å²) in [5, 5.41) is 12.6. The van der Waals surface area contributed by atoms with E-state index in [9.17, 15) is 9.90 Å². The van der Waals surface area contributed by atoms with Gasteiger partial charge in [-0.2, -0.15) is 0 Å². The Bertz CT molecular complexity index is 611. The molecular formula is C18H21NO3. The van der Waals surface area contributed by atoms with Gasteiger partial charge in [0.15, 0.2) is 6.10 Å². The number of hydrogen-bond acceptors (Lipinski definition) is 3. The molecule has 2 aromatic carbocycles. The SMILES string of the molecule is Cc1ccccc1[C@H](OC(=O)NCc1ccccc1)[C@H](C)O. The van der Waals surface area contributed by atoms with Gasteiger partial charge >= 0.3 is 6.09 Å². The van der Waals surface area contributed by atoms with E-state index in [4.69, 9.17) is 4.74 Å². The molecule has 4 nitrogen and oxygen atoms in total. The molecule has 2 rings (SSSR count). The van der Waals surface area contributed by atoms with Gasteiger partial charge in [0.25, 0.3) is 0 Å². The molecule has 0 unspecified atom stereocenters. The molecule has 2 atom stereocenters. The molecule has 116 valence electrons. The highest BCUT2D eigenvalue weighted by atomic mass is 16.6. The summed E-state index contributed by atoms with van der Waals surface area (Å²) in [6, 6.07) is 17.1. The lowest BCUT2D eigenvalue weighted by molar-refractivity contribution is 0.0102. The Labute approximate surface area is 130 Å². The van der Waals surface area contributed by atoms with Gasteiger partial charge in [0.1, 0.15) is 0 Å². The number of benzene rings is 2. The molecular weight excluding hydrogens is 278 g/mol. The fraction of sp³-hybridized carbons (Fsp3) is 0.278. The normalized spacial score (nSPS) is 13.2. The largest absolute Gasteiger partial charge is 0.439 e. The van der Waals surface area contributed by atoms with Gasteiger partial charge in [-0.25, -0.2) is 4.79 Å². The van der Waals surface area contributed by atoms with Crippen molar-refractivity contribution in [2.45, 2.75) is 32.6 Å². The zero-order valence-electron chi connectivity index (χ0n) is 12.8. The summed E-state index contributed by atoms with van der Waals surface area (Å²) < 4.78 is 5.40. The summed E-state index contributed by atoms with van der Waals surface area (Å²) in [5.74, 6) is 0. The highest BCUT2D eigenvalue weighted by Gasteiger charge is 2.23. The van der Waals surface area contributed by atoms with Gasteiger partial charge in [-0.15, -0.1) is 0 Å². The van der Waals surface area contributed by atoms with Crippen molar-refractivity contribution in [3.05, 3.63) is 71.3 Å². The third-order valence-corrected chi connectivity index (χ3v) is 3.45. The van der Waals surface area contributed by atoms with Gasteiger partial charge in [0.05, 0.1) is 6.10 Å². The van der Waals surface area contributed by atoms with Gasteiger partial charge in [0, 0.05) is 6.54 Å². The second-order valence-corrected chi connectivity index (χ2v) is 5.26. The predicted molar refractivity (Wildman–Crippen MR) is 85.4 cm³/mol. The van der Waals surface area contributed by atoms with Crippen LogP contribution in [0.4, 0.5) is 4.79 Å². The van der Waals surface area contributed by atoms with Gasteiger partial charge in [-0.1, -0.05) is 54.6 Å². The van der Waals surface area contributed by atoms with Crippen LogP contribution in [-0.4, -0.2) is 17.3 Å². The van der Waals surface area contributed by atoms with E-state index in [-0.39, 0.29) is 0 Å². The molecule has 0 saturated heterocycles. The Hall–Kier alpha value is -2.33. The molecule has 0 aromatic heterocycles. The Morgan fingerprint density at radius 2 is 1.77 bits per heavy atom. The number of aliphatic hydroxyl groups excluding tert-OH is 1. The third-order valence-electron chi connectivity index (χ3n) is 3.45. The maximum atomic E-state index is 12.0. The molecule has 0 spiro atoms. The van der Waals surface area contributed by atoms with Gasteiger partial charge in [0.2, 0.25) is 0 Å². The molecule has 4 heteroatoms. The minimum atomic E-state index is -0.788. The van der Waals surface area contributed by atoms with Gasteiger partial charge in [-0.05, 0) is 30.5 Å². The summed E-state index contributed by atoms with van der Waals surface area (Å²) in [4.78, 5) is 12.0. The number of rotatable bonds is 5. The van der Waals surface area contributed by atoms with E-state index in [1.807, 2.05) is 61.5 Å². The molecule has 0 radical (unpaired) electrons. The first-order chi connectivity index (χ1) is 10.6. The monoisotopic (exact) mass is 299 g/mol. The highest BCUT2D eigenvalue weighted by Crippen LogP contribution is 2.24. The van der Waals surface area contributed by atoms with Crippen molar-refractivity contribution >= 4 is 6.09 Å². The van der Waals surface area contributed by atoms with E-state index >= 15 is 0 Å². The van der Waals surface area contributed by atoms with E-state index < -0.39 is 18.3 Å². The number of hydrogen-bond donors (Lipinski definition) is 2. The molecule has 2 N–H and O–H groups in total. The fourth-order valence-electron chi connectivity index (χ4n) is 2.25. The number of amides is 1. The summed E-state index contributed by atoms with van der Waals surface area (Å²) in [7, 11) is 0. The number of aliphatic hydroxyl groups is 1. The number of carbonyl (C=O) groups is 1. The van der Waals surface area contributed by atoms with E-state index in [0.29, 0.717) is 6.54 Å². The minimum absolute atomic E-state index is 0.389. The van der Waals surface area contributed by atoms with E-state index in [1.165, 1.54) is 0 Å². The quantitative estimate of drug-likeness (QED) is 0.890. The van der Waals surface area contributed by atoms with Crippen molar-refractivity contribution in [3.63, 3.8) is 0 Å². The maximum Gasteiger partial charge on any atom is 0.408 e. The van der Waals surface area contributed by atoms with Crippen LogP contribution < -0.4 is 5.32 Å². The van der Waals surface area contributed by atoms with Crippen LogP contribution in [0.15, 0.2) is 54.6 Å². The Balaban J connectivity index is 1.99. The second kappa shape index (κ2) is 7.61. The summed E-state index contributed by atoms with van der Waals surface area (Å²) in [5.41, 5.74) is 2.78. The Kier molecular flexibility index (Phi) is 5.55. The topological polar surface area (TPSA) is 58.6 Å². The molecule has 0 aliphatic heterocycles. The van der Waals surface area contributed by atoms with Crippen LogP contribution in [0, 0.1) is 6.92 Å². The first-order valence-electron chi connectivity index (χ1n) is 7.30.